The summed E-state index contributed by atoms with van der Waals surface area (Å²) in [6, 6.07) is 1.18. The van der Waals surface area contributed by atoms with Crippen LogP contribution in [0.4, 0.5) is 5.82 Å². The van der Waals surface area contributed by atoms with Gasteiger partial charge in [-0.2, -0.15) is 0 Å². The maximum Gasteiger partial charge on any atom is 0.138 e. The van der Waals surface area contributed by atoms with Gasteiger partial charge < -0.3 is 10.2 Å². The first-order chi connectivity index (χ1) is 10.1. The van der Waals surface area contributed by atoms with Crippen LogP contribution in [0.2, 0.25) is 0 Å². The fourth-order valence-electron chi connectivity index (χ4n) is 3.05. The van der Waals surface area contributed by atoms with Crippen molar-refractivity contribution in [2.75, 3.05) is 18.4 Å². The molecule has 2 aromatic heterocycles. The number of nitrogens with one attached hydrogen (secondary N) is 1. The Morgan fingerprint density at radius 3 is 2.62 bits per heavy atom. The Morgan fingerprint density at radius 2 is 1.95 bits per heavy atom. The van der Waals surface area contributed by atoms with Crippen molar-refractivity contribution in [1.82, 2.24) is 14.9 Å². The number of fused-ring (bicyclic) bond motifs is 1. The van der Waals surface area contributed by atoms with E-state index in [1.54, 1.807) is 17.7 Å². The zero-order valence-corrected chi connectivity index (χ0v) is 14.1. The number of nitrogens with zero attached hydrogens (tertiary/aromatic N) is 3. The second kappa shape index (κ2) is 5.89. The molecule has 5 heteroatoms. The molecule has 4 nitrogen and oxygen atoms in total. The summed E-state index contributed by atoms with van der Waals surface area (Å²) in [5, 5.41) is 4.88. The first-order valence-electron chi connectivity index (χ1n) is 7.77. The quantitative estimate of drug-likeness (QED) is 0.941. The summed E-state index contributed by atoms with van der Waals surface area (Å²) in [5.41, 5.74) is 1.32. The number of anilines is 1. The third-order valence-electron chi connectivity index (χ3n) is 4.57. The molecule has 114 valence electrons. The molecular weight excluding hydrogens is 280 g/mol. The summed E-state index contributed by atoms with van der Waals surface area (Å²) >= 11 is 1.76. The third-order valence-corrected chi connectivity index (χ3v) is 5.68. The number of aryl methyl sites for hydroxylation is 2. The lowest BCUT2D eigenvalue weighted by Gasteiger charge is -2.35. The van der Waals surface area contributed by atoms with E-state index in [2.05, 4.69) is 47.9 Å². The van der Waals surface area contributed by atoms with E-state index in [0.29, 0.717) is 12.1 Å². The summed E-state index contributed by atoms with van der Waals surface area (Å²) < 4.78 is 0. The van der Waals surface area contributed by atoms with Crippen LogP contribution in [-0.4, -0.2) is 40.0 Å². The maximum atomic E-state index is 4.50. The molecule has 1 aliphatic rings. The molecule has 21 heavy (non-hydrogen) atoms. The summed E-state index contributed by atoms with van der Waals surface area (Å²) in [5.74, 6) is 1.02. The highest BCUT2D eigenvalue weighted by atomic mass is 32.1. The van der Waals surface area contributed by atoms with E-state index >= 15 is 0 Å². The zero-order valence-electron chi connectivity index (χ0n) is 13.3. The fourth-order valence-corrected chi connectivity index (χ4v) is 4.04. The standard InChI is InChI=1S/C16H24N4S/c1-10(2)20-7-5-13(6-8-20)19-15-14-11(3)12(4)21-16(14)18-9-17-15/h9-10,13H,5-8H2,1-4H3,(H,17,18,19). The second-order valence-corrected chi connectivity index (χ2v) is 7.44. The summed E-state index contributed by atoms with van der Waals surface area (Å²) in [6.45, 7) is 11.2. The molecule has 0 spiro atoms. The van der Waals surface area contributed by atoms with Crippen molar-refractivity contribution < 1.29 is 0 Å². The predicted molar refractivity (Wildman–Crippen MR) is 90.2 cm³/mol. The number of hydrogen-bond acceptors (Lipinski definition) is 5. The van der Waals surface area contributed by atoms with E-state index in [0.717, 1.165) is 10.6 Å². The number of thiophene rings is 1. The van der Waals surface area contributed by atoms with Crippen LogP contribution in [0.25, 0.3) is 10.2 Å². The first-order valence-corrected chi connectivity index (χ1v) is 8.59. The average Bonchev–Trinajstić information content (AvgIpc) is 2.76. The van der Waals surface area contributed by atoms with Gasteiger partial charge in [0.25, 0.3) is 0 Å². The van der Waals surface area contributed by atoms with E-state index in [1.807, 2.05) is 0 Å². The number of hydrogen-bond donors (Lipinski definition) is 1. The summed E-state index contributed by atoms with van der Waals surface area (Å²) in [6.07, 6.45) is 4.06. The summed E-state index contributed by atoms with van der Waals surface area (Å²) in [4.78, 5) is 13.9. The van der Waals surface area contributed by atoms with E-state index in [4.69, 9.17) is 0 Å². The number of aromatic nitrogens is 2. The van der Waals surface area contributed by atoms with Gasteiger partial charge in [0.05, 0.1) is 5.39 Å². The molecule has 0 bridgehead atoms. The van der Waals surface area contributed by atoms with E-state index in [1.165, 1.54) is 41.8 Å². The van der Waals surface area contributed by atoms with Crippen LogP contribution < -0.4 is 5.32 Å². The molecule has 1 fully saturated rings. The minimum absolute atomic E-state index is 0.526. The van der Waals surface area contributed by atoms with Gasteiger partial charge >= 0.3 is 0 Å². The van der Waals surface area contributed by atoms with Gasteiger partial charge in [0, 0.05) is 30.1 Å². The molecule has 1 saturated heterocycles. The Labute approximate surface area is 130 Å². The van der Waals surface area contributed by atoms with Gasteiger partial charge in [-0.25, -0.2) is 9.97 Å². The Balaban J connectivity index is 1.77. The van der Waals surface area contributed by atoms with Crippen molar-refractivity contribution in [2.45, 2.75) is 52.6 Å². The molecular formula is C16H24N4S. The molecule has 3 heterocycles. The normalized spacial score (nSPS) is 17.8. The number of piperidine rings is 1. The van der Waals surface area contributed by atoms with Crippen molar-refractivity contribution in [1.29, 1.82) is 0 Å². The molecule has 3 rings (SSSR count). The minimum Gasteiger partial charge on any atom is -0.367 e. The Hall–Kier alpha value is -1.20. The predicted octanol–water partition coefficient (Wildman–Crippen LogP) is 3.59. The maximum absolute atomic E-state index is 4.50. The highest BCUT2D eigenvalue weighted by Gasteiger charge is 2.22. The van der Waals surface area contributed by atoms with Gasteiger partial charge in [0.1, 0.15) is 17.0 Å². The van der Waals surface area contributed by atoms with Gasteiger partial charge in [0.15, 0.2) is 0 Å². The van der Waals surface area contributed by atoms with Crippen LogP contribution >= 0.6 is 11.3 Å². The number of likely N-dealkylation sites (tertiary alicyclic amines) is 1. The lowest BCUT2D eigenvalue weighted by Crippen LogP contribution is -2.42. The molecule has 1 N–H and O–H groups in total. The average molecular weight is 304 g/mol. The summed E-state index contributed by atoms with van der Waals surface area (Å²) in [7, 11) is 0. The molecule has 0 atom stereocenters. The molecule has 1 aliphatic heterocycles. The fraction of sp³-hybridized carbons (Fsp3) is 0.625. The molecule has 0 aromatic carbocycles. The smallest absolute Gasteiger partial charge is 0.138 e. The van der Waals surface area contributed by atoms with Crippen molar-refractivity contribution in [2.24, 2.45) is 0 Å². The monoisotopic (exact) mass is 304 g/mol. The highest BCUT2D eigenvalue weighted by molar-refractivity contribution is 7.18. The lowest BCUT2D eigenvalue weighted by atomic mass is 10.0. The molecule has 0 saturated carbocycles. The van der Waals surface area contributed by atoms with E-state index in [9.17, 15) is 0 Å². The largest absolute Gasteiger partial charge is 0.367 e. The van der Waals surface area contributed by atoms with Crippen LogP contribution in [0.5, 0.6) is 0 Å². The van der Waals surface area contributed by atoms with Crippen LogP contribution in [0.3, 0.4) is 0 Å². The Kier molecular flexibility index (Phi) is 4.13. The topological polar surface area (TPSA) is 41.1 Å². The van der Waals surface area contributed by atoms with E-state index < -0.39 is 0 Å². The third kappa shape index (κ3) is 2.90. The lowest BCUT2D eigenvalue weighted by molar-refractivity contribution is 0.177. The molecule has 0 aliphatic carbocycles. The molecule has 2 aromatic rings. The van der Waals surface area contributed by atoms with Gasteiger partial charge in [-0.15, -0.1) is 11.3 Å². The van der Waals surface area contributed by atoms with Gasteiger partial charge in [-0.3, -0.25) is 0 Å². The van der Waals surface area contributed by atoms with Crippen LogP contribution in [0.1, 0.15) is 37.1 Å². The van der Waals surface area contributed by atoms with Crippen molar-refractivity contribution in [3.8, 4) is 0 Å². The van der Waals surface area contributed by atoms with Crippen molar-refractivity contribution >= 4 is 27.4 Å². The van der Waals surface area contributed by atoms with Crippen molar-refractivity contribution in [3.63, 3.8) is 0 Å². The van der Waals surface area contributed by atoms with Gasteiger partial charge in [-0.05, 0) is 46.1 Å². The molecule has 0 amide bonds. The number of rotatable bonds is 3. The highest BCUT2D eigenvalue weighted by Crippen LogP contribution is 2.33. The SMILES string of the molecule is Cc1sc2ncnc(NC3CCN(C(C)C)CC3)c2c1C. The van der Waals surface area contributed by atoms with Gasteiger partial charge in [-0.1, -0.05) is 0 Å². The molecule has 0 radical (unpaired) electrons. The second-order valence-electron chi connectivity index (χ2n) is 6.23. The van der Waals surface area contributed by atoms with Gasteiger partial charge in [0.2, 0.25) is 0 Å². The van der Waals surface area contributed by atoms with E-state index in [-0.39, 0.29) is 0 Å². The molecule has 0 unspecified atom stereocenters. The Morgan fingerprint density at radius 1 is 1.24 bits per heavy atom. The van der Waals surface area contributed by atoms with Crippen LogP contribution in [0.15, 0.2) is 6.33 Å². The first kappa shape index (κ1) is 14.7. The Bertz CT molecular complexity index is 626. The minimum atomic E-state index is 0.526. The van der Waals surface area contributed by atoms with Crippen LogP contribution in [-0.2, 0) is 0 Å². The van der Waals surface area contributed by atoms with Crippen molar-refractivity contribution in [3.05, 3.63) is 16.8 Å². The van der Waals surface area contributed by atoms with Crippen LogP contribution in [0, 0.1) is 13.8 Å². The zero-order chi connectivity index (χ0) is 15.0.